The maximum absolute atomic E-state index is 13.0. The summed E-state index contributed by atoms with van der Waals surface area (Å²) >= 11 is 1.29. The van der Waals surface area contributed by atoms with Crippen molar-refractivity contribution in [3.8, 4) is 0 Å². The Labute approximate surface area is 153 Å². The van der Waals surface area contributed by atoms with Gasteiger partial charge in [-0.2, -0.15) is 0 Å². The molecule has 3 aromatic heterocycles. The highest BCUT2D eigenvalue weighted by atomic mass is 32.1. The fourth-order valence-electron chi connectivity index (χ4n) is 2.63. The molecule has 3 aromatic rings. The van der Waals surface area contributed by atoms with Crippen LogP contribution in [0.1, 0.15) is 28.0 Å². The number of fused-ring (bicyclic) bond motifs is 1. The summed E-state index contributed by atoms with van der Waals surface area (Å²) in [6, 6.07) is 4.29. The van der Waals surface area contributed by atoms with Crippen LogP contribution in [0.5, 0.6) is 0 Å². The van der Waals surface area contributed by atoms with E-state index >= 15 is 0 Å². The third kappa shape index (κ3) is 3.43. The average Bonchev–Trinajstić information content (AvgIpc) is 2.92. The van der Waals surface area contributed by atoms with Gasteiger partial charge in [-0.05, 0) is 26.0 Å². The maximum Gasteiger partial charge on any atom is 0.269 e. The van der Waals surface area contributed by atoms with Crippen LogP contribution in [-0.2, 0) is 6.54 Å². The number of nitrogens with one attached hydrogen (secondary N) is 1. The SMILES string of the molecule is CCNC(=O)c1c(C)sc2nc(CN(C)c3ccc(F)cn3)cc(=O)n12. The van der Waals surface area contributed by atoms with Gasteiger partial charge in [0.25, 0.3) is 11.5 Å². The second kappa shape index (κ2) is 7.20. The normalized spacial score (nSPS) is 10.9. The number of hydrogen-bond acceptors (Lipinski definition) is 6. The van der Waals surface area contributed by atoms with Crippen LogP contribution in [0.3, 0.4) is 0 Å². The number of halogens is 1. The first-order chi connectivity index (χ1) is 12.4. The molecule has 0 radical (unpaired) electrons. The molecule has 0 aliphatic rings. The molecule has 1 N–H and O–H groups in total. The summed E-state index contributed by atoms with van der Waals surface area (Å²) in [6.45, 7) is 4.42. The fraction of sp³-hybridized carbons (Fsp3) is 0.294. The van der Waals surface area contributed by atoms with Crippen LogP contribution in [0.15, 0.2) is 29.2 Å². The smallest absolute Gasteiger partial charge is 0.269 e. The number of nitrogens with zero attached hydrogens (tertiary/aromatic N) is 4. The van der Waals surface area contributed by atoms with Gasteiger partial charge in [-0.1, -0.05) is 0 Å². The molecule has 0 aliphatic heterocycles. The van der Waals surface area contributed by atoms with Crippen LogP contribution in [-0.4, -0.2) is 33.9 Å². The molecular weight excluding hydrogens is 357 g/mol. The van der Waals surface area contributed by atoms with Gasteiger partial charge in [-0.3, -0.25) is 9.59 Å². The number of thiazole rings is 1. The fourth-order valence-corrected chi connectivity index (χ4v) is 3.62. The van der Waals surface area contributed by atoms with Crippen LogP contribution in [0.4, 0.5) is 10.2 Å². The Morgan fingerprint density at radius 2 is 2.19 bits per heavy atom. The number of rotatable bonds is 5. The molecule has 0 saturated carbocycles. The highest BCUT2D eigenvalue weighted by molar-refractivity contribution is 7.17. The number of amides is 1. The standard InChI is InChI=1S/C17H18FN5O2S/c1-4-19-16(25)15-10(2)26-17-21-12(7-14(24)23(15)17)9-22(3)13-6-5-11(18)8-20-13/h5-8H,4,9H2,1-3H3,(H,19,25). The molecule has 1 amide bonds. The lowest BCUT2D eigenvalue weighted by Gasteiger charge is -2.17. The van der Waals surface area contributed by atoms with Crippen LogP contribution in [0.25, 0.3) is 4.96 Å². The average molecular weight is 375 g/mol. The molecule has 3 rings (SSSR count). The Balaban J connectivity index is 1.95. The largest absolute Gasteiger partial charge is 0.354 e. The highest BCUT2D eigenvalue weighted by Gasteiger charge is 2.19. The third-order valence-electron chi connectivity index (χ3n) is 3.80. The van der Waals surface area contributed by atoms with Gasteiger partial charge in [-0.15, -0.1) is 11.3 Å². The molecule has 26 heavy (non-hydrogen) atoms. The first kappa shape index (κ1) is 18.0. The van der Waals surface area contributed by atoms with Crippen LogP contribution in [0, 0.1) is 12.7 Å². The molecule has 0 bridgehead atoms. The number of pyridine rings is 1. The summed E-state index contributed by atoms with van der Waals surface area (Å²) in [4.78, 5) is 36.3. The lowest BCUT2D eigenvalue weighted by molar-refractivity contribution is 0.0949. The zero-order valence-electron chi connectivity index (χ0n) is 14.6. The van der Waals surface area contributed by atoms with E-state index in [1.165, 1.54) is 27.9 Å². The van der Waals surface area contributed by atoms with E-state index in [1.807, 2.05) is 6.92 Å². The molecule has 3 heterocycles. The predicted octanol–water partition coefficient (Wildman–Crippen LogP) is 1.98. The van der Waals surface area contributed by atoms with Crippen molar-refractivity contribution >= 4 is 28.0 Å². The first-order valence-corrected chi connectivity index (χ1v) is 8.85. The van der Waals surface area contributed by atoms with Crippen molar-refractivity contribution < 1.29 is 9.18 Å². The van der Waals surface area contributed by atoms with E-state index in [-0.39, 0.29) is 11.5 Å². The highest BCUT2D eigenvalue weighted by Crippen LogP contribution is 2.20. The van der Waals surface area contributed by atoms with E-state index in [4.69, 9.17) is 0 Å². The molecule has 0 aromatic carbocycles. The number of carbonyl (C=O) groups excluding carboxylic acids is 1. The summed E-state index contributed by atoms with van der Waals surface area (Å²) in [5.41, 5.74) is 0.563. The summed E-state index contributed by atoms with van der Waals surface area (Å²) in [5.74, 6) is -0.133. The summed E-state index contributed by atoms with van der Waals surface area (Å²) in [7, 11) is 1.78. The van der Waals surface area contributed by atoms with E-state index in [0.29, 0.717) is 35.3 Å². The van der Waals surface area contributed by atoms with Gasteiger partial charge in [0.15, 0.2) is 4.96 Å². The molecule has 7 nitrogen and oxygen atoms in total. The second-order valence-corrected chi connectivity index (χ2v) is 6.94. The van der Waals surface area contributed by atoms with Crippen molar-refractivity contribution in [3.63, 3.8) is 0 Å². The minimum Gasteiger partial charge on any atom is -0.354 e. The minimum absolute atomic E-state index is 0.291. The number of anilines is 1. The van der Waals surface area contributed by atoms with Gasteiger partial charge in [-0.25, -0.2) is 18.8 Å². The Bertz CT molecular complexity index is 1010. The summed E-state index contributed by atoms with van der Waals surface area (Å²) < 4.78 is 14.3. The lowest BCUT2D eigenvalue weighted by atomic mass is 10.3. The molecule has 0 saturated heterocycles. The molecule has 0 fully saturated rings. The summed E-state index contributed by atoms with van der Waals surface area (Å²) in [6.07, 6.45) is 1.14. The van der Waals surface area contributed by atoms with Crippen molar-refractivity contribution in [2.24, 2.45) is 0 Å². The monoisotopic (exact) mass is 375 g/mol. The van der Waals surface area contributed by atoms with Crippen LogP contribution >= 0.6 is 11.3 Å². The molecule has 0 atom stereocenters. The van der Waals surface area contributed by atoms with E-state index in [1.54, 1.807) is 24.9 Å². The molecule has 0 aliphatic carbocycles. The lowest BCUT2D eigenvalue weighted by Crippen LogP contribution is -2.28. The van der Waals surface area contributed by atoms with E-state index in [9.17, 15) is 14.0 Å². The van der Waals surface area contributed by atoms with Crippen molar-refractivity contribution in [1.29, 1.82) is 0 Å². The van der Waals surface area contributed by atoms with Crippen molar-refractivity contribution in [2.45, 2.75) is 20.4 Å². The Morgan fingerprint density at radius 3 is 2.85 bits per heavy atom. The van der Waals surface area contributed by atoms with Gasteiger partial charge in [0.1, 0.15) is 17.3 Å². The van der Waals surface area contributed by atoms with Crippen LogP contribution < -0.4 is 15.8 Å². The Morgan fingerprint density at radius 1 is 1.42 bits per heavy atom. The molecule has 0 spiro atoms. The maximum atomic E-state index is 13.0. The third-order valence-corrected chi connectivity index (χ3v) is 4.75. The number of aromatic nitrogens is 3. The Hall–Kier alpha value is -2.81. The topological polar surface area (TPSA) is 79.6 Å². The number of hydrogen-bond donors (Lipinski definition) is 1. The van der Waals surface area contributed by atoms with Crippen molar-refractivity contribution in [3.05, 3.63) is 56.8 Å². The molecular formula is C17H18FN5O2S. The molecule has 0 unspecified atom stereocenters. The minimum atomic E-state index is -0.410. The van der Waals surface area contributed by atoms with E-state index in [2.05, 4.69) is 15.3 Å². The second-order valence-electron chi connectivity index (χ2n) is 5.76. The zero-order chi connectivity index (χ0) is 18.8. The van der Waals surface area contributed by atoms with Gasteiger partial charge in [0, 0.05) is 24.5 Å². The van der Waals surface area contributed by atoms with Gasteiger partial charge < -0.3 is 10.2 Å². The predicted molar refractivity (Wildman–Crippen MR) is 98.4 cm³/mol. The quantitative estimate of drug-likeness (QED) is 0.738. The van der Waals surface area contributed by atoms with Gasteiger partial charge in [0.2, 0.25) is 0 Å². The van der Waals surface area contributed by atoms with Crippen molar-refractivity contribution in [1.82, 2.24) is 19.7 Å². The van der Waals surface area contributed by atoms with Gasteiger partial charge >= 0.3 is 0 Å². The first-order valence-electron chi connectivity index (χ1n) is 8.03. The van der Waals surface area contributed by atoms with Crippen LogP contribution in [0.2, 0.25) is 0 Å². The Kier molecular flexibility index (Phi) is 4.99. The van der Waals surface area contributed by atoms with E-state index in [0.717, 1.165) is 11.1 Å². The molecule has 136 valence electrons. The van der Waals surface area contributed by atoms with Gasteiger partial charge in [0.05, 0.1) is 18.4 Å². The number of carbonyl (C=O) groups is 1. The van der Waals surface area contributed by atoms with Crippen molar-refractivity contribution in [2.75, 3.05) is 18.5 Å². The number of aryl methyl sites for hydroxylation is 1. The van der Waals surface area contributed by atoms with E-state index < -0.39 is 5.82 Å². The zero-order valence-corrected chi connectivity index (χ0v) is 15.4. The molecule has 9 heteroatoms. The summed E-state index contributed by atoms with van der Waals surface area (Å²) in [5, 5.41) is 2.71.